The second-order valence-corrected chi connectivity index (χ2v) is 8.16. The first-order valence-electron chi connectivity index (χ1n) is 11.4. The highest BCUT2D eigenvalue weighted by atomic mass is 16.5. The first-order valence-corrected chi connectivity index (χ1v) is 11.4. The van der Waals surface area contributed by atoms with Crippen LogP contribution < -0.4 is 4.74 Å². The molecule has 0 fully saturated rings. The number of aryl methyl sites for hydroxylation is 1. The zero-order chi connectivity index (χ0) is 23.6. The van der Waals surface area contributed by atoms with Crippen molar-refractivity contribution in [3.05, 3.63) is 89.7 Å². The van der Waals surface area contributed by atoms with Crippen LogP contribution in [-0.2, 0) is 24.9 Å². The number of amides is 2. The summed E-state index contributed by atoms with van der Waals surface area (Å²) in [4.78, 5) is 30.3. The molecular formula is C27H33N3O3. The van der Waals surface area contributed by atoms with Crippen molar-refractivity contribution in [2.45, 2.75) is 32.9 Å². The fourth-order valence-corrected chi connectivity index (χ4v) is 3.70. The molecule has 0 saturated heterocycles. The Morgan fingerprint density at radius 1 is 0.939 bits per heavy atom. The van der Waals surface area contributed by atoms with Gasteiger partial charge in [0.15, 0.2) is 0 Å². The van der Waals surface area contributed by atoms with Gasteiger partial charge in [0.05, 0.1) is 13.7 Å². The first kappa shape index (κ1) is 24.1. The number of methoxy groups -OCH3 is 1. The van der Waals surface area contributed by atoms with Crippen molar-refractivity contribution in [3.8, 4) is 5.75 Å². The van der Waals surface area contributed by atoms with Gasteiger partial charge in [-0.1, -0.05) is 49.7 Å². The van der Waals surface area contributed by atoms with Gasteiger partial charge in [-0.2, -0.15) is 0 Å². The van der Waals surface area contributed by atoms with Crippen LogP contribution in [0.4, 0.5) is 0 Å². The molecule has 3 rings (SSSR count). The number of ether oxygens (including phenoxy) is 1. The first-order chi connectivity index (χ1) is 16.0. The van der Waals surface area contributed by atoms with Crippen LogP contribution >= 0.6 is 0 Å². The Labute approximate surface area is 196 Å². The molecule has 0 aliphatic heterocycles. The number of rotatable bonds is 11. The summed E-state index contributed by atoms with van der Waals surface area (Å²) < 4.78 is 7.29. The lowest BCUT2D eigenvalue weighted by atomic mass is 10.1. The molecular weight excluding hydrogens is 414 g/mol. The molecule has 1 aromatic heterocycles. The van der Waals surface area contributed by atoms with E-state index in [0.29, 0.717) is 30.9 Å². The van der Waals surface area contributed by atoms with Crippen molar-refractivity contribution >= 4 is 11.8 Å². The molecule has 0 aliphatic carbocycles. The number of carbonyl (C=O) groups excluding carboxylic acids is 2. The van der Waals surface area contributed by atoms with E-state index in [2.05, 4.69) is 6.92 Å². The van der Waals surface area contributed by atoms with Gasteiger partial charge >= 0.3 is 0 Å². The average Bonchev–Trinajstić information content (AvgIpc) is 3.25. The van der Waals surface area contributed by atoms with Crippen LogP contribution in [0.25, 0.3) is 0 Å². The molecule has 3 aromatic rings. The van der Waals surface area contributed by atoms with E-state index in [1.165, 1.54) is 0 Å². The molecule has 0 saturated carbocycles. The van der Waals surface area contributed by atoms with E-state index in [-0.39, 0.29) is 18.4 Å². The number of hydrogen-bond acceptors (Lipinski definition) is 3. The fraction of sp³-hybridized carbons (Fsp3) is 0.333. The van der Waals surface area contributed by atoms with Crippen LogP contribution in [0.15, 0.2) is 72.9 Å². The molecule has 0 spiro atoms. The molecule has 2 amide bonds. The summed E-state index contributed by atoms with van der Waals surface area (Å²) >= 11 is 0. The van der Waals surface area contributed by atoms with Crippen LogP contribution in [0.3, 0.4) is 0 Å². The molecule has 0 radical (unpaired) electrons. The third-order valence-corrected chi connectivity index (χ3v) is 5.68. The standard InChI is InChI=1S/C27H33N3O3/c1-4-5-17-29(27(32)23-13-9-15-25(18-23)33-3)21-26(31)30(19-22-11-7-6-8-12-22)20-24-14-10-16-28(24)2/h6-16,18H,4-5,17,19-21H2,1-3H3. The summed E-state index contributed by atoms with van der Waals surface area (Å²) in [7, 11) is 3.55. The van der Waals surface area contributed by atoms with Gasteiger partial charge in [0.1, 0.15) is 12.3 Å². The van der Waals surface area contributed by atoms with Crippen LogP contribution in [0.1, 0.15) is 41.4 Å². The number of nitrogens with zero attached hydrogens (tertiary/aromatic N) is 3. The van der Waals surface area contributed by atoms with E-state index >= 15 is 0 Å². The van der Waals surface area contributed by atoms with Gasteiger partial charge in [0, 0.05) is 37.6 Å². The van der Waals surface area contributed by atoms with Gasteiger partial charge in [0.2, 0.25) is 5.91 Å². The Kier molecular flexibility index (Phi) is 8.70. The van der Waals surface area contributed by atoms with Crippen molar-refractivity contribution in [1.29, 1.82) is 0 Å². The lowest BCUT2D eigenvalue weighted by Gasteiger charge is -2.28. The summed E-state index contributed by atoms with van der Waals surface area (Å²) in [6.07, 6.45) is 3.74. The molecule has 6 nitrogen and oxygen atoms in total. The van der Waals surface area contributed by atoms with E-state index in [9.17, 15) is 9.59 Å². The van der Waals surface area contributed by atoms with E-state index in [1.54, 1.807) is 36.3 Å². The van der Waals surface area contributed by atoms with Gasteiger partial charge in [-0.25, -0.2) is 0 Å². The van der Waals surface area contributed by atoms with Crippen LogP contribution in [0.5, 0.6) is 5.75 Å². The summed E-state index contributed by atoms with van der Waals surface area (Å²) in [5, 5.41) is 0. The molecule has 0 atom stereocenters. The van der Waals surface area contributed by atoms with Crippen molar-refractivity contribution in [2.75, 3.05) is 20.2 Å². The zero-order valence-corrected chi connectivity index (χ0v) is 19.7. The molecule has 33 heavy (non-hydrogen) atoms. The lowest BCUT2D eigenvalue weighted by molar-refractivity contribution is -0.133. The Bertz CT molecular complexity index is 1050. The smallest absolute Gasteiger partial charge is 0.254 e. The lowest BCUT2D eigenvalue weighted by Crippen LogP contribution is -2.43. The van der Waals surface area contributed by atoms with E-state index in [0.717, 1.165) is 24.1 Å². The number of benzene rings is 2. The number of unbranched alkanes of at least 4 members (excludes halogenated alkanes) is 1. The summed E-state index contributed by atoms with van der Waals surface area (Å²) in [5.74, 6) is 0.388. The SMILES string of the molecule is CCCCN(CC(=O)N(Cc1ccccc1)Cc1cccn1C)C(=O)c1cccc(OC)c1. The van der Waals surface area contributed by atoms with Crippen LogP contribution in [-0.4, -0.2) is 46.4 Å². The molecule has 0 unspecified atom stereocenters. The predicted octanol–water partition coefficient (Wildman–Crippen LogP) is 4.51. The second kappa shape index (κ2) is 11.9. The predicted molar refractivity (Wildman–Crippen MR) is 130 cm³/mol. The van der Waals surface area contributed by atoms with Crippen molar-refractivity contribution in [1.82, 2.24) is 14.4 Å². The van der Waals surface area contributed by atoms with Gasteiger partial charge < -0.3 is 19.1 Å². The fourth-order valence-electron chi connectivity index (χ4n) is 3.70. The number of carbonyl (C=O) groups is 2. The minimum Gasteiger partial charge on any atom is -0.497 e. The number of hydrogen-bond donors (Lipinski definition) is 0. The summed E-state index contributed by atoms with van der Waals surface area (Å²) in [6.45, 7) is 3.61. The van der Waals surface area contributed by atoms with Gasteiger partial charge in [-0.15, -0.1) is 0 Å². The maximum absolute atomic E-state index is 13.5. The monoisotopic (exact) mass is 447 g/mol. The number of aromatic nitrogens is 1. The van der Waals surface area contributed by atoms with Crippen molar-refractivity contribution in [3.63, 3.8) is 0 Å². The molecule has 0 bridgehead atoms. The Balaban J connectivity index is 1.81. The molecule has 1 heterocycles. The van der Waals surface area contributed by atoms with Gasteiger partial charge in [-0.05, 0) is 42.3 Å². The molecule has 2 aromatic carbocycles. The highest BCUT2D eigenvalue weighted by Crippen LogP contribution is 2.16. The maximum Gasteiger partial charge on any atom is 0.254 e. The van der Waals surface area contributed by atoms with Crippen molar-refractivity contribution < 1.29 is 14.3 Å². The van der Waals surface area contributed by atoms with Gasteiger partial charge in [0.25, 0.3) is 5.91 Å². The molecule has 0 aliphatic rings. The van der Waals surface area contributed by atoms with Crippen LogP contribution in [0, 0.1) is 0 Å². The topological polar surface area (TPSA) is 54.8 Å². The van der Waals surface area contributed by atoms with E-state index in [4.69, 9.17) is 4.74 Å². The summed E-state index contributed by atoms with van der Waals surface area (Å²) in [6, 6.07) is 21.0. The Morgan fingerprint density at radius 2 is 1.73 bits per heavy atom. The molecule has 0 N–H and O–H groups in total. The minimum absolute atomic E-state index is 0.0350. The highest BCUT2D eigenvalue weighted by molar-refractivity contribution is 5.96. The average molecular weight is 448 g/mol. The summed E-state index contributed by atoms with van der Waals surface area (Å²) in [5.41, 5.74) is 2.62. The van der Waals surface area contributed by atoms with Gasteiger partial charge in [-0.3, -0.25) is 9.59 Å². The largest absolute Gasteiger partial charge is 0.497 e. The highest BCUT2D eigenvalue weighted by Gasteiger charge is 2.23. The molecule has 174 valence electrons. The molecule has 6 heteroatoms. The maximum atomic E-state index is 13.5. The Morgan fingerprint density at radius 3 is 2.39 bits per heavy atom. The normalized spacial score (nSPS) is 10.6. The second-order valence-electron chi connectivity index (χ2n) is 8.16. The quantitative estimate of drug-likeness (QED) is 0.435. The van der Waals surface area contributed by atoms with Crippen LogP contribution in [0.2, 0.25) is 0 Å². The Hall–Kier alpha value is -3.54. The zero-order valence-electron chi connectivity index (χ0n) is 19.7. The minimum atomic E-state index is -0.158. The third-order valence-electron chi connectivity index (χ3n) is 5.68. The third kappa shape index (κ3) is 6.72. The van der Waals surface area contributed by atoms with E-state index in [1.807, 2.05) is 65.2 Å². The van der Waals surface area contributed by atoms with Crippen molar-refractivity contribution in [2.24, 2.45) is 7.05 Å². The van der Waals surface area contributed by atoms with E-state index < -0.39 is 0 Å².